The zero-order chi connectivity index (χ0) is 35.3. The number of carbonyl (C=O) groups excluding carboxylic acids is 3. The van der Waals surface area contributed by atoms with Gasteiger partial charge in [0.2, 0.25) is 17.7 Å². The number of thioether (sulfide) groups is 1. The second-order valence-corrected chi connectivity index (χ2v) is 15.1. The molecule has 2 unspecified atom stereocenters. The fourth-order valence-corrected chi connectivity index (χ4v) is 10.6. The lowest BCUT2D eigenvalue weighted by atomic mass is 9.70. The lowest BCUT2D eigenvalue weighted by Crippen LogP contribution is -2.58. The molecule has 2 bridgehead atoms. The van der Waals surface area contributed by atoms with Crippen molar-refractivity contribution >= 4 is 35.2 Å². The molecule has 3 amide bonds. The Morgan fingerprint density at radius 2 is 1.80 bits per heavy atom. The SMILES string of the molecule is C=CCN(CCN1CCOCC1)C(=O)C1N([C@@H](CO)Cc2ccccc2)C(=O)[C@@H]2[C@@H](C(=O)N(CC=C)c3ccc(OCC)cc3)[C@H]3CCC12S3. The zero-order valence-electron chi connectivity index (χ0n) is 29.0. The molecule has 2 aromatic carbocycles. The van der Waals surface area contributed by atoms with Crippen molar-refractivity contribution in [2.24, 2.45) is 11.8 Å². The lowest BCUT2D eigenvalue weighted by molar-refractivity contribution is -0.145. The fourth-order valence-electron chi connectivity index (χ4n) is 8.41. The minimum atomic E-state index is -0.823. The number of benzene rings is 2. The van der Waals surface area contributed by atoms with Crippen molar-refractivity contribution < 1.29 is 29.0 Å². The Labute approximate surface area is 300 Å². The molecule has 4 saturated heterocycles. The van der Waals surface area contributed by atoms with Crippen LogP contribution in [0.1, 0.15) is 25.3 Å². The molecule has 2 aromatic rings. The third-order valence-electron chi connectivity index (χ3n) is 10.7. The van der Waals surface area contributed by atoms with Crippen molar-refractivity contribution in [1.29, 1.82) is 0 Å². The lowest BCUT2D eigenvalue weighted by Gasteiger charge is -2.40. The highest BCUT2D eigenvalue weighted by Gasteiger charge is 2.74. The van der Waals surface area contributed by atoms with Crippen LogP contribution < -0.4 is 9.64 Å². The molecule has 268 valence electrons. The molecular weight excluding hydrogens is 653 g/mol. The molecule has 10 nitrogen and oxygen atoms in total. The van der Waals surface area contributed by atoms with Crippen molar-refractivity contribution in [1.82, 2.24) is 14.7 Å². The summed E-state index contributed by atoms with van der Waals surface area (Å²) >= 11 is 1.65. The summed E-state index contributed by atoms with van der Waals surface area (Å²) in [5.74, 6) is -1.11. The average molecular weight is 703 g/mol. The Hall–Kier alpha value is -3.64. The zero-order valence-corrected chi connectivity index (χ0v) is 29.8. The van der Waals surface area contributed by atoms with E-state index in [1.54, 1.807) is 33.7 Å². The number of carbonyl (C=O) groups is 3. The van der Waals surface area contributed by atoms with Gasteiger partial charge in [-0.1, -0.05) is 42.5 Å². The van der Waals surface area contributed by atoms with E-state index in [0.717, 1.165) is 25.1 Å². The van der Waals surface area contributed by atoms with Gasteiger partial charge in [0.25, 0.3) is 0 Å². The number of aliphatic hydroxyl groups excluding tert-OH is 1. The molecule has 4 heterocycles. The van der Waals surface area contributed by atoms with Crippen molar-refractivity contribution in [3.8, 4) is 5.75 Å². The van der Waals surface area contributed by atoms with E-state index in [9.17, 15) is 14.7 Å². The van der Waals surface area contributed by atoms with Crippen LogP contribution in [0.4, 0.5) is 5.69 Å². The van der Waals surface area contributed by atoms with Crippen LogP contribution in [0.2, 0.25) is 0 Å². The normalized spacial score (nSPS) is 26.4. The van der Waals surface area contributed by atoms with Crippen molar-refractivity contribution in [2.75, 3.05) is 70.6 Å². The topological polar surface area (TPSA) is 103 Å². The maximum atomic E-state index is 15.0. The van der Waals surface area contributed by atoms with E-state index in [-0.39, 0.29) is 36.1 Å². The van der Waals surface area contributed by atoms with E-state index < -0.39 is 28.7 Å². The number of ether oxygens (including phenoxy) is 2. The Kier molecular flexibility index (Phi) is 11.7. The molecule has 1 spiro atoms. The second kappa shape index (κ2) is 16.1. The smallest absolute Gasteiger partial charge is 0.247 e. The third-order valence-corrected chi connectivity index (χ3v) is 12.6. The highest BCUT2D eigenvalue weighted by Crippen LogP contribution is 2.67. The van der Waals surface area contributed by atoms with E-state index >= 15 is 4.79 Å². The number of aliphatic hydroxyl groups is 1. The highest BCUT2D eigenvalue weighted by molar-refractivity contribution is 8.02. The molecule has 4 aliphatic rings. The molecule has 1 N–H and O–H groups in total. The van der Waals surface area contributed by atoms with Gasteiger partial charge in [-0.2, -0.15) is 0 Å². The molecule has 0 radical (unpaired) electrons. The predicted octanol–water partition coefficient (Wildman–Crippen LogP) is 3.65. The Morgan fingerprint density at radius 3 is 2.46 bits per heavy atom. The first-order valence-electron chi connectivity index (χ1n) is 17.9. The van der Waals surface area contributed by atoms with Crippen LogP contribution in [0.25, 0.3) is 0 Å². The minimum Gasteiger partial charge on any atom is -0.494 e. The molecule has 6 atom stereocenters. The van der Waals surface area contributed by atoms with Crippen LogP contribution in [0.3, 0.4) is 0 Å². The van der Waals surface area contributed by atoms with E-state index in [1.165, 1.54) is 0 Å². The average Bonchev–Trinajstić information content (AvgIpc) is 3.79. The quantitative estimate of drug-likeness (QED) is 0.265. The van der Waals surface area contributed by atoms with Crippen LogP contribution in [0.15, 0.2) is 79.9 Å². The molecule has 6 rings (SSSR count). The van der Waals surface area contributed by atoms with Gasteiger partial charge in [0.1, 0.15) is 11.8 Å². The maximum Gasteiger partial charge on any atom is 0.247 e. The summed E-state index contributed by atoms with van der Waals surface area (Å²) in [5.41, 5.74) is 1.67. The van der Waals surface area contributed by atoms with Gasteiger partial charge in [-0.25, -0.2) is 0 Å². The maximum absolute atomic E-state index is 15.0. The molecule has 50 heavy (non-hydrogen) atoms. The summed E-state index contributed by atoms with van der Waals surface area (Å²) in [6.07, 6.45) is 5.20. The van der Waals surface area contributed by atoms with Crippen LogP contribution in [0, 0.1) is 11.8 Å². The summed E-state index contributed by atoms with van der Waals surface area (Å²) < 4.78 is 10.4. The highest BCUT2D eigenvalue weighted by atomic mass is 32.2. The van der Waals surface area contributed by atoms with Gasteiger partial charge >= 0.3 is 0 Å². The summed E-state index contributed by atoms with van der Waals surface area (Å²) in [6, 6.07) is 15.7. The number of amides is 3. The number of nitrogens with zero attached hydrogens (tertiary/aromatic N) is 4. The van der Waals surface area contributed by atoms with Crippen molar-refractivity contribution in [2.45, 2.75) is 48.3 Å². The van der Waals surface area contributed by atoms with E-state index in [4.69, 9.17) is 9.47 Å². The molecule has 4 aliphatic heterocycles. The van der Waals surface area contributed by atoms with Gasteiger partial charge in [0, 0.05) is 50.2 Å². The fraction of sp³-hybridized carbons (Fsp3) is 0.513. The first-order valence-corrected chi connectivity index (χ1v) is 18.7. The number of rotatable bonds is 16. The summed E-state index contributed by atoms with van der Waals surface area (Å²) in [5, 5.41) is 10.8. The Morgan fingerprint density at radius 1 is 1.08 bits per heavy atom. The van der Waals surface area contributed by atoms with E-state index in [0.29, 0.717) is 63.7 Å². The van der Waals surface area contributed by atoms with Crippen molar-refractivity contribution in [3.63, 3.8) is 0 Å². The van der Waals surface area contributed by atoms with E-state index in [1.807, 2.05) is 66.4 Å². The van der Waals surface area contributed by atoms with Crippen LogP contribution >= 0.6 is 11.8 Å². The number of likely N-dealkylation sites (tertiary alicyclic amines) is 1. The van der Waals surface area contributed by atoms with Gasteiger partial charge in [-0.15, -0.1) is 24.9 Å². The summed E-state index contributed by atoms with van der Waals surface area (Å²) in [7, 11) is 0. The van der Waals surface area contributed by atoms with Crippen molar-refractivity contribution in [3.05, 3.63) is 85.5 Å². The number of hydrogen-bond donors (Lipinski definition) is 1. The van der Waals surface area contributed by atoms with Gasteiger partial charge < -0.3 is 29.3 Å². The molecule has 4 fully saturated rings. The van der Waals surface area contributed by atoms with Gasteiger partial charge in [-0.05, 0) is 56.0 Å². The predicted molar refractivity (Wildman–Crippen MR) is 196 cm³/mol. The largest absolute Gasteiger partial charge is 0.494 e. The monoisotopic (exact) mass is 702 g/mol. The molecule has 0 saturated carbocycles. The van der Waals surface area contributed by atoms with Gasteiger partial charge in [-0.3, -0.25) is 19.3 Å². The Balaban J connectivity index is 1.36. The second-order valence-electron chi connectivity index (χ2n) is 13.5. The van der Waals surface area contributed by atoms with Crippen LogP contribution in [0.5, 0.6) is 5.75 Å². The standard InChI is InChI=1S/C39H50N4O6S/c1-4-18-41(21-20-40-22-24-48-25-23-40)38(47)35-39-17-16-32(50-39)33(36(45)42(19-5-2)29-12-14-31(15-13-29)49-6-3)34(39)37(46)43(35)30(27-44)26-28-10-8-7-9-11-28/h4-5,7-15,30,32-35,44H,1-2,6,16-27H2,3H3/t30-,32-,33+,34+,35?,39?/m1/s1. The Bertz CT molecular complexity index is 1520. The number of anilines is 1. The summed E-state index contributed by atoms with van der Waals surface area (Å²) in [6.45, 7) is 14.7. The van der Waals surface area contributed by atoms with Gasteiger partial charge in [0.15, 0.2) is 0 Å². The first kappa shape index (κ1) is 36.2. The third kappa shape index (κ3) is 6.97. The number of morpholine rings is 1. The van der Waals surface area contributed by atoms with Gasteiger partial charge in [0.05, 0.1) is 49.1 Å². The molecule has 0 aliphatic carbocycles. The minimum absolute atomic E-state index is 0.105. The van der Waals surface area contributed by atoms with E-state index in [2.05, 4.69) is 18.1 Å². The van der Waals surface area contributed by atoms with Crippen LogP contribution in [-0.2, 0) is 25.5 Å². The first-order chi connectivity index (χ1) is 24.4. The number of fused-ring (bicyclic) bond motifs is 1. The molecule has 11 heteroatoms. The summed E-state index contributed by atoms with van der Waals surface area (Å²) in [4.78, 5) is 52.2. The number of hydrogen-bond acceptors (Lipinski definition) is 8. The van der Waals surface area contributed by atoms with Crippen LogP contribution in [-0.4, -0.2) is 125 Å². The molecule has 0 aromatic heterocycles. The molecular formula is C39H50N4O6S.